The van der Waals surface area contributed by atoms with E-state index in [1.165, 1.54) is 0 Å². The summed E-state index contributed by atoms with van der Waals surface area (Å²) in [5.74, 6) is 0.0322. The molecule has 1 aliphatic heterocycles. The van der Waals surface area contributed by atoms with E-state index in [0.717, 1.165) is 23.1 Å². The number of hydrogen-bond donors (Lipinski definition) is 1. The van der Waals surface area contributed by atoms with E-state index in [4.69, 9.17) is 4.74 Å². The Balaban J connectivity index is 2.00. The SMILES string of the molecule is C=CCNC(=O)C(C)N1CCOC(c2cccc(Br)c2)C1. The minimum absolute atomic E-state index is 0.00547. The van der Waals surface area contributed by atoms with Crippen LogP contribution < -0.4 is 5.32 Å². The summed E-state index contributed by atoms with van der Waals surface area (Å²) < 4.78 is 6.89. The van der Waals surface area contributed by atoms with Gasteiger partial charge in [-0.15, -0.1) is 6.58 Å². The summed E-state index contributed by atoms with van der Waals surface area (Å²) in [5.41, 5.74) is 1.13. The summed E-state index contributed by atoms with van der Waals surface area (Å²) in [6.45, 7) is 8.17. The fraction of sp³-hybridized carbons (Fsp3) is 0.438. The lowest BCUT2D eigenvalue weighted by Crippen LogP contribution is -2.50. The van der Waals surface area contributed by atoms with Gasteiger partial charge in [0.15, 0.2) is 0 Å². The third kappa shape index (κ3) is 4.40. The molecule has 0 aliphatic carbocycles. The molecule has 0 radical (unpaired) electrons. The van der Waals surface area contributed by atoms with E-state index in [-0.39, 0.29) is 18.1 Å². The Morgan fingerprint density at radius 2 is 2.48 bits per heavy atom. The Bertz CT molecular complexity index is 507. The van der Waals surface area contributed by atoms with Crippen LogP contribution in [-0.4, -0.2) is 43.1 Å². The largest absolute Gasteiger partial charge is 0.371 e. The number of hydrogen-bond acceptors (Lipinski definition) is 3. The number of nitrogens with one attached hydrogen (secondary N) is 1. The lowest BCUT2D eigenvalue weighted by Gasteiger charge is -2.36. The van der Waals surface area contributed by atoms with Crippen LogP contribution in [0, 0.1) is 0 Å². The molecule has 0 bridgehead atoms. The zero-order valence-corrected chi connectivity index (χ0v) is 13.8. The van der Waals surface area contributed by atoms with E-state index in [0.29, 0.717) is 13.2 Å². The highest BCUT2D eigenvalue weighted by Gasteiger charge is 2.28. The van der Waals surface area contributed by atoms with Crippen molar-refractivity contribution in [3.8, 4) is 0 Å². The number of halogens is 1. The Kier molecular flexibility index (Phi) is 5.96. The van der Waals surface area contributed by atoms with Gasteiger partial charge < -0.3 is 10.1 Å². The van der Waals surface area contributed by atoms with Crippen molar-refractivity contribution >= 4 is 21.8 Å². The predicted octanol–water partition coefficient (Wildman–Crippen LogP) is 2.51. The third-order valence-electron chi connectivity index (χ3n) is 3.67. The van der Waals surface area contributed by atoms with Crippen molar-refractivity contribution in [1.29, 1.82) is 0 Å². The number of carbonyl (C=O) groups excluding carboxylic acids is 1. The number of amides is 1. The summed E-state index contributed by atoms with van der Waals surface area (Å²) in [4.78, 5) is 14.2. The molecule has 1 aromatic rings. The molecule has 1 heterocycles. The predicted molar refractivity (Wildman–Crippen MR) is 87.1 cm³/mol. The zero-order valence-electron chi connectivity index (χ0n) is 12.2. The van der Waals surface area contributed by atoms with Gasteiger partial charge in [0.1, 0.15) is 0 Å². The van der Waals surface area contributed by atoms with Crippen LogP contribution in [0.4, 0.5) is 0 Å². The first-order valence-corrected chi connectivity index (χ1v) is 7.91. The molecule has 1 N–H and O–H groups in total. The van der Waals surface area contributed by atoms with Crippen molar-refractivity contribution in [3.05, 3.63) is 47.0 Å². The topological polar surface area (TPSA) is 41.6 Å². The molecular weight excluding hydrogens is 332 g/mol. The maximum atomic E-state index is 12.0. The van der Waals surface area contributed by atoms with Crippen LogP contribution in [0.1, 0.15) is 18.6 Å². The molecule has 0 saturated carbocycles. The number of rotatable bonds is 5. The molecular formula is C16H21BrN2O2. The second-order valence-corrected chi connectivity index (χ2v) is 6.03. The molecule has 5 heteroatoms. The van der Waals surface area contributed by atoms with Crippen LogP contribution in [0.5, 0.6) is 0 Å². The van der Waals surface area contributed by atoms with Gasteiger partial charge in [-0.05, 0) is 24.6 Å². The smallest absolute Gasteiger partial charge is 0.237 e. The summed E-state index contributed by atoms with van der Waals surface area (Å²) in [7, 11) is 0. The number of ether oxygens (including phenoxy) is 1. The molecule has 2 atom stereocenters. The number of morpholine rings is 1. The Labute approximate surface area is 134 Å². The molecule has 0 aromatic heterocycles. The van der Waals surface area contributed by atoms with Crippen molar-refractivity contribution in [2.45, 2.75) is 19.1 Å². The van der Waals surface area contributed by atoms with Crippen molar-refractivity contribution < 1.29 is 9.53 Å². The molecule has 1 aromatic carbocycles. The van der Waals surface area contributed by atoms with Gasteiger partial charge in [-0.3, -0.25) is 9.69 Å². The van der Waals surface area contributed by atoms with Crippen LogP contribution in [0.3, 0.4) is 0 Å². The van der Waals surface area contributed by atoms with E-state index in [2.05, 4.69) is 44.9 Å². The molecule has 114 valence electrons. The van der Waals surface area contributed by atoms with Gasteiger partial charge in [-0.2, -0.15) is 0 Å². The molecule has 2 rings (SSSR count). The van der Waals surface area contributed by atoms with E-state index >= 15 is 0 Å². The maximum Gasteiger partial charge on any atom is 0.237 e. The number of nitrogens with zero attached hydrogens (tertiary/aromatic N) is 1. The highest BCUT2D eigenvalue weighted by molar-refractivity contribution is 9.10. The van der Waals surface area contributed by atoms with Gasteiger partial charge in [0.25, 0.3) is 0 Å². The third-order valence-corrected chi connectivity index (χ3v) is 4.16. The van der Waals surface area contributed by atoms with E-state index in [1.54, 1.807) is 6.08 Å². The van der Waals surface area contributed by atoms with E-state index in [9.17, 15) is 4.79 Å². The van der Waals surface area contributed by atoms with Gasteiger partial charge in [-0.1, -0.05) is 34.1 Å². The maximum absolute atomic E-state index is 12.0. The molecule has 1 amide bonds. The standard InChI is InChI=1S/C16H21BrN2O2/c1-3-7-18-16(20)12(2)19-8-9-21-15(11-19)13-5-4-6-14(17)10-13/h3-6,10,12,15H,1,7-9,11H2,2H3,(H,18,20). The number of carbonyl (C=O) groups is 1. The van der Waals surface area contributed by atoms with Crippen molar-refractivity contribution in [2.75, 3.05) is 26.2 Å². The molecule has 2 unspecified atom stereocenters. The molecule has 4 nitrogen and oxygen atoms in total. The average molecular weight is 353 g/mol. The minimum atomic E-state index is -0.163. The number of benzene rings is 1. The summed E-state index contributed by atoms with van der Waals surface area (Å²) in [5, 5.41) is 2.85. The monoisotopic (exact) mass is 352 g/mol. The first kappa shape index (κ1) is 16.2. The van der Waals surface area contributed by atoms with Crippen molar-refractivity contribution in [2.24, 2.45) is 0 Å². The van der Waals surface area contributed by atoms with Gasteiger partial charge >= 0.3 is 0 Å². The van der Waals surface area contributed by atoms with Gasteiger partial charge in [0, 0.05) is 24.1 Å². The van der Waals surface area contributed by atoms with Crippen LogP contribution in [-0.2, 0) is 9.53 Å². The molecule has 1 fully saturated rings. The van der Waals surface area contributed by atoms with Crippen LogP contribution in [0.2, 0.25) is 0 Å². The molecule has 0 spiro atoms. The summed E-state index contributed by atoms with van der Waals surface area (Å²) in [6, 6.07) is 7.96. The van der Waals surface area contributed by atoms with Gasteiger partial charge in [-0.25, -0.2) is 0 Å². The lowest BCUT2D eigenvalue weighted by atomic mass is 10.1. The molecule has 1 aliphatic rings. The quantitative estimate of drug-likeness (QED) is 0.827. The average Bonchev–Trinajstić information content (AvgIpc) is 2.52. The second kappa shape index (κ2) is 7.73. The van der Waals surface area contributed by atoms with Crippen molar-refractivity contribution in [1.82, 2.24) is 10.2 Å². The Morgan fingerprint density at radius 1 is 1.67 bits per heavy atom. The van der Waals surface area contributed by atoms with Crippen LogP contribution in [0.25, 0.3) is 0 Å². The van der Waals surface area contributed by atoms with E-state index in [1.807, 2.05) is 19.1 Å². The first-order valence-electron chi connectivity index (χ1n) is 7.11. The second-order valence-electron chi connectivity index (χ2n) is 5.12. The highest BCUT2D eigenvalue weighted by atomic mass is 79.9. The van der Waals surface area contributed by atoms with Gasteiger partial charge in [0.2, 0.25) is 5.91 Å². The van der Waals surface area contributed by atoms with E-state index < -0.39 is 0 Å². The fourth-order valence-electron chi connectivity index (χ4n) is 2.42. The summed E-state index contributed by atoms with van der Waals surface area (Å²) >= 11 is 3.48. The van der Waals surface area contributed by atoms with Gasteiger partial charge in [0.05, 0.1) is 18.8 Å². The van der Waals surface area contributed by atoms with Crippen LogP contribution >= 0.6 is 15.9 Å². The zero-order chi connectivity index (χ0) is 15.2. The Hall–Kier alpha value is -1.17. The van der Waals surface area contributed by atoms with Crippen LogP contribution in [0.15, 0.2) is 41.4 Å². The minimum Gasteiger partial charge on any atom is -0.371 e. The Morgan fingerprint density at radius 3 is 3.19 bits per heavy atom. The molecule has 21 heavy (non-hydrogen) atoms. The highest BCUT2D eigenvalue weighted by Crippen LogP contribution is 2.25. The first-order chi connectivity index (χ1) is 10.1. The summed E-state index contributed by atoms with van der Waals surface area (Å²) in [6.07, 6.45) is 1.69. The van der Waals surface area contributed by atoms with Crippen molar-refractivity contribution in [3.63, 3.8) is 0 Å². The normalized spacial score (nSPS) is 20.8. The lowest BCUT2D eigenvalue weighted by molar-refractivity contribution is -0.129. The fourth-order valence-corrected chi connectivity index (χ4v) is 2.83. The molecule has 1 saturated heterocycles.